The molecule has 0 aromatic heterocycles. The van der Waals surface area contributed by atoms with Crippen molar-refractivity contribution in [1.29, 1.82) is 0 Å². The van der Waals surface area contributed by atoms with E-state index in [9.17, 15) is 14.7 Å². The molecule has 2 aromatic rings. The van der Waals surface area contributed by atoms with Crippen molar-refractivity contribution in [2.24, 2.45) is 11.8 Å². The van der Waals surface area contributed by atoms with Crippen molar-refractivity contribution >= 4 is 17.5 Å². The lowest BCUT2D eigenvalue weighted by Gasteiger charge is -2.32. The smallest absolute Gasteiger partial charge is 0.257 e. The number of piperidine rings is 1. The molecule has 2 N–H and O–H groups in total. The van der Waals surface area contributed by atoms with Gasteiger partial charge in [0.25, 0.3) is 5.91 Å². The van der Waals surface area contributed by atoms with Crippen molar-refractivity contribution in [2.45, 2.75) is 32.0 Å². The zero-order chi connectivity index (χ0) is 24.8. The van der Waals surface area contributed by atoms with Gasteiger partial charge >= 0.3 is 0 Å². The lowest BCUT2D eigenvalue weighted by atomic mass is 10.00. The first-order chi connectivity index (χ1) is 17.5. The van der Waals surface area contributed by atoms with Gasteiger partial charge in [-0.15, -0.1) is 0 Å². The third-order valence-corrected chi connectivity index (χ3v) is 8.20. The maximum absolute atomic E-state index is 13.4. The van der Waals surface area contributed by atoms with Crippen LogP contribution in [0.2, 0.25) is 0 Å². The summed E-state index contributed by atoms with van der Waals surface area (Å²) < 4.78 is 5.88. The molecule has 0 radical (unpaired) electrons. The SMILES string of the molecule is CC(=O)N1CC2C(C1)C2Nc1ccc2c(c1)C(=O)N(CC(O)CN1CCc3ccccc3C1)CCO2. The van der Waals surface area contributed by atoms with Crippen LogP contribution in [-0.2, 0) is 17.8 Å². The molecule has 3 atom stereocenters. The summed E-state index contributed by atoms with van der Waals surface area (Å²) in [5.74, 6) is 1.59. The monoisotopic (exact) mass is 490 g/mol. The molecule has 1 saturated carbocycles. The number of anilines is 1. The fourth-order valence-electron chi connectivity index (χ4n) is 6.13. The van der Waals surface area contributed by atoms with Crippen molar-refractivity contribution < 1.29 is 19.4 Å². The van der Waals surface area contributed by atoms with Gasteiger partial charge in [0.1, 0.15) is 12.4 Å². The molecule has 0 spiro atoms. The molecule has 36 heavy (non-hydrogen) atoms. The van der Waals surface area contributed by atoms with E-state index in [1.807, 2.05) is 23.1 Å². The van der Waals surface area contributed by atoms with Crippen molar-refractivity contribution in [1.82, 2.24) is 14.7 Å². The molecule has 1 saturated heterocycles. The molecule has 8 nitrogen and oxygen atoms in total. The second-order valence-corrected chi connectivity index (χ2v) is 10.6. The van der Waals surface area contributed by atoms with Crippen LogP contribution in [0.5, 0.6) is 5.75 Å². The van der Waals surface area contributed by atoms with Gasteiger partial charge in [0, 0.05) is 69.8 Å². The first-order valence-corrected chi connectivity index (χ1v) is 13.0. The van der Waals surface area contributed by atoms with Crippen molar-refractivity contribution in [3.63, 3.8) is 0 Å². The number of likely N-dealkylation sites (tertiary alicyclic amines) is 1. The number of benzene rings is 2. The highest BCUT2D eigenvalue weighted by Gasteiger charge is 2.56. The first kappa shape index (κ1) is 23.3. The highest BCUT2D eigenvalue weighted by molar-refractivity contribution is 5.98. The summed E-state index contributed by atoms with van der Waals surface area (Å²) in [7, 11) is 0. The predicted octanol–water partition coefficient (Wildman–Crippen LogP) is 1.83. The van der Waals surface area contributed by atoms with Gasteiger partial charge in [-0.2, -0.15) is 0 Å². The Labute approximate surface area is 211 Å². The Bertz CT molecular complexity index is 1160. The fourth-order valence-corrected chi connectivity index (χ4v) is 6.13. The molecule has 8 heteroatoms. The van der Waals surface area contributed by atoms with E-state index in [0.29, 0.717) is 48.9 Å². The van der Waals surface area contributed by atoms with Crippen LogP contribution < -0.4 is 10.1 Å². The molecular weight excluding hydrogens is 456 g/mol. The number of nitrogens with zero attached hydrogens (tertiary/aromatic N) is 3. The number of fused-ring (bicyclic) bond motifs is 3. The van der Waals surface area contributed by atoms with Crippen molar-refractivity contribution in [2.75, 3.05) is 51.2 Å². The molecular formula is C28H34N4O4. The highest BCUT2D eigenvalue weighted by atomic mass is 16.5. The summed E-state index contributed by atoms with van der Waals surface area (Å²) in [6.07, 6.45) is 0.356. The van der Waals surface area contributed by atoms with Crippen LogP contribution in [0.1, 0.15) is 28.4 Å². The fraction of sp³-hybridized carbons (Fsp3) is 0.500. The minimum absolute atomic E-state index is 0.104. The van der Waals surface area contributed by atoms with Crippen LogP contribution in [0.3, 0.4) is 0 Å². The van der Waals surface area contributed by atoms with Gasteiger partial charge in [0.15, 0.2) is 0 Å². The average molecular weight is 491 g/mol. The average Bonchev–Trinajstić information content (AvgIpc) is 3.34. The second-order valence-electron chi connectivity index (χ2n) is 10.6. The van der Waals surface area contributed by atoms with Gasteiger partial charge in [-0.1, -0.05) is 24.3 Å². The maximum Gasteiger partial charge on any atom is 0.257 e. The molecule has 0 bridgehead atoms. The number of carbonyl (C=O) groups is 2. The number of hydrogen-bond donors (Lipinski definition) is 2. The van der Waals surface area contributed by atoms with Gasteiger partial charge in [0.2, 0.25) is 5.91 Å². The predicted molar refractivity (Wildman–Crippen MR) is 136 cm³/mol. The van der Waals surface area contributed by atoms with E-state index in [1.165, 1.54) is 11.1 Å². The number of hydrogen-bond acceptors (Lipinski definition) is 6. The number of nitrogens with one attached hydrogen (secondary N) is 1. The zero-order valence-electron chi connectivity index (χ0n) is 20.7. The van der Waals surface area contributed by atoms with Crippen LogP contribution in [0, 0.1) is 11.8 Å². The number of β-amino-alcohol motifs (C(OH)–C–C–N with tert-alkyl or cyclic N) is 1. The van der Waals surface area contributed by atoms with Crippen LogP contribution >= 0.6 is 0 Å². The van der Waals surface area contributed by atoms with Gasteiger partial charge in [-0.25, -0.2) is 0 Å². The van der Waals surface area contributed by atoms with Crippen LogP contribution in [0.4, 0.5) is 5.69 Å². The molecule has 1 aliphatic carbocycles. The summed E-state index contributed by atoms with van der Waals surface area (Å²) in [5, 5.41) is 14.4. The number of amides is 2. The molecule has 4 aliphatic rings. The zero-order valence-corrected chi connectivity index (χ0v) is 20.7. The van der Waals surface area contributed by atoms with Crippen LogP contribution in [0.25, 0.3) is 0 Å². The van der Waals surface area contributed by atoms with Crippen molar-refractivity contribution in [3.8, 4) is 5.75 Å². The quantitative estimate of drug-likeness (QED) is 0.643. The summed E-state index contributed by atoms with van der Waals surface area (Å²) >= 11 is 0. The van der Waals surface area contributed by atoms with Gasteiger partial charge in [-0.05, 0) is 35.7 Å². The van der Waals surface area contributed by atoms with Crippen LogP contribution in [-0.4, -0.2) is 89.6 Å². The van der Waals surface area contributed by atoms with E-state index in [4.69, 9.17) is 4.74 Å². The third kappa shape index (κ3) is 4.55. The molecule has 6 rings (SSSR count). The number of aliphatic hydroxyl groups excluding tert-OH is 1. The number of ether oxygens (including phenoxy) is 1. The van der Waals surface area contributed by atoms with Gasteiger partial charge in [-0.3, -0.25) is 14.5 Å². The van der Waals surface area contributed by atoms with Crippen LogP contribution in [0.15, 0.2) is 42.5 Å². The molecule has 190 valence electrons. The maximum atomic E-state index is 13.4. The lowest BCUT2D eigenvalue weighted by Crippen LogP contribution is -2.44. The van der Waals surface area contributed by atoms with E-state index in [-0.39, 0.29) is 18.4 Å². The normalized spacial score (nSPS) is 25.8. The topological polar surface area (TPSA) is 85.4 Å². The van der Waals surface area contributed by atoms with Gasteiger partial charge in [0.05, 0.1) is 18.2 Å². The lowest BCUT2D eigenvalue weighted by molar-refractivity contribution is -0.128. The van der Waals surface area contributed by atoms with E-state index in [0.717, 1.165) is 38.3 Å². The van der Waals surface area contributed by atoms with E-state index < -0.39 is 6.10 Å². The van der Waals surface area contributed by atoms with E-state index >= 15 is 0 Å². The Balaban J connectivity index is 1.07. The largest absolute Gasteiger partial charge is 0.491 e. The van der Waals surface area contributed by atoms with Crippen molar-refractivity contribution in [3.05, 3.63) is 59.2 Å². The minimum Gasteiger partial charge on any atom is -0.491 e. The molecule has 2 amide bonds. The number of rotatable bonds is 6. The minimum atomic E-state index is -0.628. The van der Waals surface area contributed by atoms with Gasteiger partial charge < -0.3 is 25.0 Å². The second kappa shape index (κ2) is 9.41. The Morgan fingerprint density at radius 3 is 2.67 bits per heavy atom. The Kier molecular flexibility index (Phi) is 6.09. The first-order valence-electron chi connectivity index (χ1n) is 13.0. The number of aliphatic hydroxyl groups is 1. The number of carbonyl (C=O) groups excluding carboxylic acids is 2. The van der Waals surface area contributed by atoms with E-state index in [1.54, 1.807) is 11.8 Å². The summed E-state index contributed by atoms with van der Waals surface area (Å²) in [4.78, 5) is 30.9. The summed E-state index contributed by atoms with van der Waals surface area (Å²) in [6, 6.07) is 14.5. The standard InChI is InChI=1S/C28H34N4O4/c1-18(33)32-16-24-25(17-32)27(24)29-21-6-7-26-23(12-21)28(35)31(10-11-36-26)15-22(34)14-30-9-8-19-4-2-3-5-20(19)13-30/h2-7,12,22,24-25,27,29,34H,8-11,13-17H2,1H3. The van der Waals surface area contributed by atoms with E-state index in [2.05, 4.69) is 34.5 Å². The third-order valence-electron chi connectivity index (χ3n) is 8.20. The Morgan fingerprint density at radius 2 is 1.89 bits per heavy atom. The summed E-state index contributed by atoms with van der Waals surface area (Å²) in [6.45, 7) is 6.65. The Morgan fingerprint density at radius 1 is 1.11 bits per heavy atom. The Hall–Kier alpha value is -3.10. The molecule has 2 aromatic carbocycles. The molecule has 3 heterocycles. The molecule has 2 fully saturated rings. The highest BCUT2D eigenvalue weighted by Crippen LogP contribution is 2.47. The summed E-state index contributed by atoms with van der Waals surface area (Å²) in [5.41, 5.74) is 4.13. The molecule has 3 aliphatic heterocycles. The molecule has 3 unspecified atom stereocenters.